The van der Waals surface area contributed by atoms with Gasteiger partial charge in [-0.3, -0.25) is 0 Å². The molecule has 0 fully saturated rings. The van der Waals surface area contributed by atoms with Crippen molar-refractivity contribution in [2.24, 2.45) is 0 Å². The van der Waals surface area contributed by atoms with Crippen LogP contribution in [0.4, 0.5) is 0 Å². The molecule has 0 aromatic heterocycles. The Kier molecular flexibility index (Phi) is 3.10. The van der Waals surface area contributed by atoms with Gasteiger partial charge < -0.3 is 4.48 Å². The lowest BCUT2D eigenvalue weighted by Crippen LogP contribution is -2.43. The minimum Gasteiger partial charge on any atom is -0.328 e. The Balaban J connectivity index is 3.85. The molecule has 0 radical (unpaired) electrons. The quantitative estimate of drug-likeness (QED) is 0.418. The van der Waals surface area contributed by atoms with Gasteiger partial charge in [0.1, 0.15) is 0 Å². The molecule has 0 amide bonds. The van der Waals surface area contributed by atoms with E-state index in [1.165, 1.54) is 5.57 Å². The van der Waals surface area contributed by atoms with E-state index < -0.39 is 0 Å². The molecule has 60 valence electrons. The number of hydrogen-bond donors (Lipinski definition) is 0. The minimum atomic E-state index is 0.678. The summed E-state index contributed by atoms with van der Waals surface area (Å²) in [4.78, 5) is 0. The summed E-state index contributed by atoms with van der Waals surface area (Å²) in [5.41, 5.74) is 1.28. The highest BCUT2D eigenvalue weighted by atomic mass is 15.3. The van der Waals surface area contributed by atoms with Crippen LogP contribution >= 0.6 is 0 Å². The van der Waals surface area contributed by atoms with Gasteiger partial charge in [-0.05, 0) is 13.8 Å². The maximum Gasteiger partial charge on any atom is 0.0892 e. The summed E-state index contributed by atoms with van der Waals surface area (Å²) in [7, 11) is 6.65. The number of quaternary nitrogens is 1. The molecule has 0 aliphatic rings. The fourth-order valence-electron chi connectivity index (χ4n) is 0.778. The van der Waals surface area contributed by atoms with Crippen molar-refractivity contribution in [2.75, 3.05) is 21.1 Å². The third-order valence-electron chi connectivity index (χ3n) is 1.97. The van der Waals surface area contributed by atoms with Crippen molar-refractivity contribution >= 4 is 0 Å². The van der Waals surface area contributed by atoms with Gasteiger partial charge in [0.15, 0.2) is 0 Å². The second kappa shape index (κ2) is 3.20. The molecule has 1 nitrogen and oxygen atoms in total. The molecule has 0 heterocycles. The molecule has 0 aromatic carbocycles. The first kappa shape index (κ1) is 9.70. The second-order valence-electron chi connectivity index (χ2n) is 4.13. The van der Waals surface area contributed by atoms with Crippen LogP contribution in [0.1, 0.15) is 20.3 Å². The molecular formula is C9H20N+. The van der Waals surface area contributed by atoms with Gasteiger partial charge in [-0.1, -0.05) is 12.2 Å². The van der Waals surface area contributed by atoms with Crippen LogP contribution in [0.3, 0.4) is 0 Å². The first-order valence-electron chi connectivity index (χ1n) is 3.79. The summed E-state index contributed by atoms with van der Waals surface area (Å²) in [5, 5.41) is 0. The summed E-state index contributed by atoms with van der Waals surface area (Å²) in [6.07, 6.45) is 1.13. The summed E-state index contributed by atoms with van der Waals surface area (Å²) in [5.74, 6) is 0. The Morgan fingerprint density at radius 2 is 1.80 bits per heavy atom. The van der Waals surface area contributed by atoms with Crippen LogP contribution in [-0.4, -0.2) is 31.7 Å². The van der Waals surface area contributed by atoms with E-state index in [1.54, 1.807) is 0 Å². The summed E-state index contributed by atoms with van der Waals surface area (Å²) >= 11 is 0. The molecule has 0 spiro atoms. The van der Waals surface area contributed by atoms with Gasteiger partial charge in [0.2, 0.25) is 0 Å². The molecule has 0 N–H and O–H groups in total. The van der Waals surface area contributed by atoms with Crippen LogP contribution in [0.25, 0.3) is 0 Å². The molecular weight excluding hydrogens is 122 g/mol. The lowest BCUT2D eigenvalue weighted by molar-refractivity contribution is -0.893. The smallest absolute Gasteiger partial charge is 0.0892 e. The fourth-order valence-corrected chi connectivity index (χ4v) is 0.778. The molecule has 0 aliphatic heterocycles. The molecule has 0 aliphatic carbocycles. The highest BCUT2D eigenvalue weighted by Crippen LogP contribution is 2.10. The average molecular weight is 142 g/mol. The standard InChI is InChI=1S/C9H20N/c1-8(2)7-9(3)10(4,5)6/h9H,1,7H2,2-6H3/q+1. The van der Waals surface area contributed by atoms with Crippen molar-refractivity contribution in [3.8, 4) is 0 Å². The molecule has 0 saturated heterocycles. The summed E-state index contributed by atoms with van der Waals surface area (Å²) in [6, 6.07) is 0.678. The van der Waals surface area contributed by atoms with Gasteiger partial charge >= 0.3 is 0 Å². The molecule has 1 heteroatoms. The number of hydrogen-bond acceptors (Lipinski definition) is 0. The van der Waals surface area contributed by atoms with E-state index in [9.17, 15) is 0 Å². The third-order valence-corrected chi connectivity index (χ3v) is 1.97. The molecule has 0 bridgehead atoms. The Labute approximate surface area is 64.9 Å². The maximum atomic E-state index is 3.90. The van der Waals surface area contributed by atoms with Gasteiger partial charge in [0.25, 0.3) is 0 Å². The van der Waals surface area contributed by atoms with Crippen molar-refractivity contribution in [2.45, 2.75) is 26.3 Å². The second-order valence-corrected chi connectivity index (χ2v) is 4.13. The van der Waals surface area contributed by atoms with Crippen LogP contribution in [0.2, 0.25) is 0 Å². The van der Waals surface area contributed by atoms with Crippen LogP contribution < -0.4 is 0 Å². The average Bonchev–Trinajstić information content (AvgIpc) is 1.60. The zero-order chi connectivity index (χ0) is 8.36. The van der Waals surface area contributed by atoms with Crippen molar-refractivity contribution in [1.29, 1.82) is 0 Å². The Bertz CT molecular complexity index is 119. The zero-order valence-electron chi connectivity index (χ0n) is 7.94. The van der Waals surface area contributed by atoms with Crippen molar-refractivity contribution < 1.29 is 4.48 Å². The van der Waals surface area contributed by atoms with Crippen molar-refractivity contribution in [3.63, 3.8) is 0 Å². The molecule has 1 atom stereocenters. The van der Waals surface area contributed by atoms with Gasteiger partial charge in [-0.2, -0.15) is 0 Å². The topological polar surface area (TPSA) is 0 Å². The molecule has 10 heavy (non-hydrogen) atoms. The van der Waals surface area contributed by atoms with E-state index in [1.807, 2.05) is 0 Å². The first-order chi connectivity index (χ1) is 4.34. The predicted octanol–water partition coefficient (Wildman–Crippen LogP) is 2.05. The summed E-state index contributed by atoms with van der Waals surface area (Å²) < 4.78 is 1.02. The Hall–Kier alpha value is -0.300. The van der Waals surface area contributed by atoms with Crippen molar-refractivity contribution in [3.05, 3.63) is 12.2 Å². The van der Waals surface area contributed by atoms with E-state index in [0.717, 1.165) is 10.9 Å². The van der Waals surface area contributed by atoms with Gasteiger partial charge in [0, 0.05) is 6.42 Å². The minimum absolute atomic E-state index is 0.678. The van der Waals surface area contributed by atoms with Crippen LogP contribution in [0.15, 0.2) is 12.2 Å². The Morgan fingerprint density at radius 1 is 1.40 bits per heavy atom. The molecule has 0 rings (SSSR count). The van der Waals surface area contributed by atoms with Crippen LogP contribution in [0, 0.1) is 0 Å². The van der Waals surface area contributed by atoms with E-state index >= 15 is 0 Å². The van der Waals surface area contributed by atoms with Crippen molar-refractivity contribution in [1.82, 2.24) is 0 Å². The molecule has 0 saturated carbocycles. The van der Waals surface area contributed by atoms with E-state index in [-0.39, 0.29) is 0 Å². The van der Waals surface area contributed by atoms with Gasteiger partial charge in [-0.25, -0.2) is 0 Å². The highest BCUT2D eigenvalue weighted by Gasteiger charge is 2.17. The molecule has 1 unspecified atom stereocenters. The zero-order valence-corrected chi connectivity index (χ0v) is 7.94. The lowest BCUT2D eigenvalue weighted by Gasteiger charge is -2.31. The maximum absolute atomic E-state index is 3.90. The van der Waals surface area contributed by atoms with Gasteiger partial charge in [0.05, 0.1) is 27.2 Å². The van der Waals surface area contributed by atoms with E-state index in [0.29, 0.717) is 6.04 Å². The van der Waals surface area contributed by atoms with Gasteiger partial charge in [-0.15, -0.1) is 0 Å². The lowest BCUT2D eigenvalue weighted by atomic mass is 10.1. The van der Waals surface area contributed by atoms with Crippen LogP contribution in [-0.2, 0) is 0 Å². The SMILES string of the molecule is C=C(C)CC(C)[N+](C)(C)C. The van der Waals surface area contributed by atoms with E-state index in [4.69, 9.17) is 0 Å². The monoisotopic (exact) mass is 142 g/mol. The number of rotatable bonds is 3. The fraction of sp³-hybridized carbons (Fsp3) is 0.778. The summed E-state index contributed by atoms with van der Waals surface area (Å²) in [6.45, 7) is 8.25. The van der Waals surface area contributed by atoms with Crippen LogP contribution in [0.5, 0.6) is 0 Å². The molecule has 0 aromatic rings. The predicted molar refractivity (Wildman–Crippen MR) is 46.9 cm³/mol. The highest BCUT2D eigenvalue weighted by molar-refractivity contribution is 4.89. The van der Waals surface area contributed by atoms with E-state index in [2.05, 4.69) is 41.6 Å². The normalized spacial score (nSPS) is 14.9. The Morgan fingerprint density at radius 3 is 1.90 bits per heavy atom. The third kappa shape index (κ3) is 3.67. The largest absolute Gasteiger partial charge is 0.328 e. The first-order valence-corrected chi connectivity index (χ1v) is 3.79. The number of nitrogens with zero attached hydrogens (tertiary/aromatic N) is 1.